The summed E-state index contributed by atoms with van der Waals surface area (Å²) in [5.74, 6) is -0.497. The Labute approximate surface area is 122 Å². The van der Waals surface area contributed by atoms with E-state index in [0.717, 1.165) is 42.1 Å². The van der Waals surface area contributed by atoms with E-state index in [4.69, 9.17) is 0 Å². The summed E-state index contributed by atoms with van der Waals surface area (Å²) in [5, 5.41) is 9.41. The molecule has 2 nitrogen and oxygen atoms in total. The third-order valence-electron chi connectivity index (χ3n) is 4.35. The molecule has 1 atom stereocenters. The molecule has 1 aromatic rings. The summed E-state index contributed by atoms with van der Waals surface area (Å²) in [6, 6.07) is 9.73. The minimum atomic E-state index is -0.619. The molecule has 0 N–H and O–H groups in total. The van der Waals surface area contributed by atoms with Gasteiger partial charge in [0.25, 0.3) is 0 Å². The highest BCUT2D eigenvalue weighted by Crippen LogP contribution is 2.45. The molecule has 1 saturated carbocycles. The number of Topliss-reactive ketones (excluding diaryl/α,β-unsaturated/α-hetero) is 1. The van der Waals surface area contributed by atoms with E-state index in [1.807, 2.05) is 24.3 Å². The molecule has 100 valence electrons. The fourth-order valence-electron chi connectivity index (χ4n) is 3.07. The number of carbonyl (C=O) groups excluding carboxylic acids is 1. The van der Waals surface area contributed by atoms with Crippen LogP contribution in [-0.2, 0) is 4.79 Å². The number of nitriles is 1. The molecule has 1 unspecified atom stereocenters. The number of nitrogens with zero attached hydrogens (tertiary/aromatic N) is 1. The molecule has 2 rings (SSSR count). The fraction of sp³-hybridized carbons (Fsp3) is 0.500. The Morgan fingerprint density at radius 3 is 2.42 bits per heavy atom. The molecule has 0 spiro atoms. The molecular weight excluding hydrogens is 302 g/mol. The van der Waals surface area contributed by atoms with Gasteiger partial charge in [-0.25, -0.2) is 0 Å². The van der Waals surface area contributed by atoms with Crippen LogP contribution in [0, 0.1) is 16.7 Å². The van der Waals surface area contributed by atoms with Crippen LogP contribution < -0.4 is 0 Å². The van der Waals surface area contributed by atoms with E-state index in [0.29, 0.717) is 0 Å². The number of benzene rings is 1. The van der Waals surface area contributed by atoms with Gasteiger partial charge in [0.05, 0.1) is 6.07 Å². The molecule has 0 bridgehead atoms. The van der Waals surface area contributed by atoms with Crippen molar-refractivity contribution in [2.45, 2.75) is 44.9 Å². The summed E-state index contributed by atoms with van der Waals surface area (Å²) < 4.78 is 0.964. The molecule has 0 aliphatic heterocycles. The third kappa shape index (κ3) is 2.74. The van der Waals surface area contributed by atoms with Gasteiger partial charge in [-0.05, 0) is 37.0 Å². The third-order valence-corrected chi connectivity index (χ3v) is 4.88. The lowest BCUT2D eigenvalue weighted by atomic mass is 9.73. The largest absolute Gasteiger partial charge is 0.297 e. The summed E-state index contributed by atoms with van der Waals surface area (Å²) in [6.45, 7) is 2.07. The maximum Gasteiger partial charge on any atom is 0.160 e. The number of hydrogen-bond donors (Lipinski definition) is 0. The van der Waals surface area contributed by atoms with Crippen LogP contribution in [0.5, 0.6) is 0 Å². The van der Waals surface area contributed by atoms with Gasteiger partial charge < -0.3 is 0 Å². The first-order valence-electron chi connectivity index (χ1n) is 6.82. The fourth-order valence-corrected chi connectivity index (χ4v) is 3.34. The van der Waals surface area contributed by atoms with E-state index in [1.165, 1.54) is 0 Å². The maximum atomic E-state index is 12.8. The quantitative estimate of drug-likeness (QED) is 0.814. The van der Waals surface area contributed by atoms with Crippen LogP contribution in [0.4, 0.5) is 0 Å². The lowest BCUT2D eigenvalue weighted by molar-refractivity contribution is -0.129. The van der Waals surface area contributed by atoms with Crippen molar-refractivity contribution in [3.05, 3.63) is 34.3 Å². The van der Waals surface area contributed by atoms with Crippen molar-refractivity contribution in [3.8, 4) is 6.07 Å². The predicted octanol–water partition coefficient (Wildman–Crippen LogP) is 4.60. The van der Waals surface area contributed by atoms with E-state index in [-0.39, 0.29) is 11.2 Å². The van der Waals surface area contributed by atoms with Crippen LogP contribution in [-0.4, -0.2) is 5.78 Å². The number of carbonyl (C=O) groups is 1. The van der Waals surface area contributed by atoms with Crippen LogP contribution in [0.15, 0.2) is 28.7 Å². The lowest BCUT2D eigenvalue weighted by Gasteiger charge is -2.28. The normalized spacial score (nSPS) is 18.8. The highest BCUT2D eigenvalue weighted by molar-refractivity contribution is 9.10. The average molecular weight is 320 g/mol. The molecule has 0 saturated heterocycles. The molecule has 19 heavy (non-hydrogen) atoms. The van der Waals surface area contributed by atoms with Gasteiger partial charge in [-0.1, -0.05) is 47.8 Å². The SMILES string of the molecule is CCC1(C(=O)C(C#N)c2ccc(Br)cc2)CCCC1. The second kappa shape index (κ2) is 5.88. The lowest BCUT2D eigenvalue weighted by Crippen LogP contribution is -2.31. The summed E-state index contributed by atoms with van der Waals surface area (Å²) in [4.78, 5) is 12.8. The Bertz CT molecular complexity index is 494. The van der Waals surface area contributed by atoms with Gasteiger partial charge in [-0.2, -0.15) is 5.26 Å². The van der Waals surface area contributed by atoms with Gasteiger partial charge in [0, 0.05) is 9.89 Å². The van der Waals surface area contributed by atoms with Gasteiger partial charge in [0.15, 0.2) is 5.78 Å². The maximum absolute atomic E-state index is 12.8. The van der Waals surface area contributed by atoms with Gasteiger partial charge in [0.2, 0.25) is 0 Å². The van der Waals surface area contributed by atoms with Crippen LogP contribution in [0.2, 0.25) is 0 Å². The van der Waals surface area contributed by atoms with Crippen molar-refractivity contribution in [2.24, 2.45) is 5.41 Å². The van der Waals surface area contributed by atoms with E-state index < -0.39 is 5.92 Å². The molecule has 0 aromatic heterocycles. The standard InChI is InChI=1S/C16H18BrNO/c1-2-16(9-3-4-10-16)15(19)14(11-18)12-5-7-13(17)8-6-12/h5-8,14H,2-4,9-10H2,1H3. The van der Waals surface area contributed by atoms with Crippen LogP contribution in [0.3, 0.4) is 0 Å². The molecule has 1 fully saturated rings. The summed E-state index contributed by atoms with van der Waals surface area (Å²) >= 11 is 3.38. The molecule has 1 aliphatic rings. The van der Waals surface area contributed by atoms with Crippen LogP contribution >= 0.6 is 15.9 Å². The second-order valence-corrected chi connectivity index (χ2v) is 6.23. The Morgan fingerprint density at radius 2 is 1.95 bits per heavy atom. The highest BCUT2D eigenvalue weighted by Gasteiger charge is 2.42. The highest BCUT2D eigenvalue weighted by atomic mass is 79.9. The predicted molar refractivity (Wildman–Crippen MR) is 78.7 cm³/mol. The first-order chi connectivity index (χ1) is 9.13. The van der Waals surface area contributed by atoms with Crippen molar-refractivity contribution < 1.29 is 4.79 Å². The van der Waals surface area contributed by atoms with Gasteiger partial charge in [-0.15, -0.1) is 0 Å². The molecule has 3 heteroatoms. The smallest absolute Gasteiger partial charge is 0.160 e. The summed E-state index contributed by atoms with van der Waals surface area (Å²) in [5.41, 5.74) is 0.559. The number of rotatable bonds is 4. The van der Waals surface area contributed by atoms with Crippen molar-refractivity contribution in [1.29, 1.82) is 5.26 Å². The van der Waals surface area contributed by atoms with Gasteiger partial charge in [-0.3, -0.25) is 4.79 Å². The monoisotopic (exact) mass is 319 g/mol. The molecule has 1 aliphatic carbocycles. The van der Waals surface area contributed by atoms with Crippen molar-refractivity contribution in [1.82, 2.24) is 0 Å². The first-order valence-corrected chi connectivity index (χ1v) is 7.61. The van der Waals surface area contributed by atoms with E-state index in [1.54, 1.807) is 0 Å². The summed E-state index contributed by atoms with van der Waals surface area (Å²) in [7, 11) is 0. The van der Waals surface area contributed by atoms with Crippen LogP contribution in [0.25, 0.3) is 0 Å². The number of halogens is 1. The Balaban J connectivity index is 2.29. The zero-order valence-electron chi connectivity index (χ0n) is 11.2. The van der Waals surface area contributed by atoms with Crippen LogP contribution in [0.1, 0.15) is 50.5 Å². The zero-order valence-corrected chi connectivity index (χ0v) is 12.7. The molecule has 0 radical (unpaired) electrons. The van der Waals surface area contributed by atoms with E-state index in [2.05, 4.69) is 28.9 Å². The molecule has 0 amide bonds. The molecular formula is C16H18BrNO. The van der Waals surface area contributed by atoms with Gasteiger partial charge >= 0.3 is 0 Å². The van der Waals surface area contributed by atoms with Crippen molar-refractivity contribution in [2.75, 3.05) is 0 Å². The number of ketones is 1. The zero-order chi connectivity index (χ0) is 13.9. The van der Waals surface area contributed by atoms with E-state index in [9.17, 15) is 10.1 Å². The average Bonchev–Trinajstić information content (AvgIpc) is 2.91. The van der Waals surface area contributed by atoms with Gasteiger partial charge in [0.1, 0.15) is 5.92 Å². The van der Waals surface area contributed by atoms with E-state index >= 15 is 0 Å². The second-order valence-electron chi connectivity index (χ2n) is 5.32. The minimum Gasteiger partial charge on any atom is -0.297 e. The molecule has 0 heterocycles. The topological polar surface area (TPSA) is 40.9 Å². The minimum absolute atomic E-state index is 0.123. The number of hydrogen-bond acceptors (Lipinski definition) is 2. The van der Waals surface area contributed by atoms with Crippen molar-refractivity contribution in [3.63, 3.8) is 0 Å². The molecule has 1 aromatic carbocycles. The first kappa shape index (κ1) is 14.3. The van der Waals surface area contributed by atoms with Crippen molar-refractivity contribution >= 4 is 21.7 Å². The Kier molecular flexibility index (Phi) is 4.42. The Hall–Kier alpha value is -1.14. The summed E-state index contributed by atoms with van der Waals surface area (Å²) in [6.07, 6.45) is 4.95. The Morgan fingerprint density at radius 1 is 1.37 bits per heavy atom.